The molecular formula is C12H12ClN3. The Bertz CT molecular complexity index is 529. The Morgan fingerprint density at radius 2 is 2.19 bits per heavy atom. The number of hydrogen-bond acceptors (Lipinski definition) is 2. The molecule has 1 aromatic heterocycles. The molecule has 1 aliphatic carbocycles. The molecule has 16 heavy (non-hydrogen) atoms. The highest BCUT2D eigenvalue weighted by atomic mass is 35.5. The SMILES string of the molecule is Nc1cnn(-c2cccc(Cl)c2)c1C1CC1. The number of benzene rings is 1. The topological polar surface area (TPSA) is 43.8 Å². The summed E-state index contributed by atoms with van der Waals surface area (Å²) >= 11 is 5.98. The first kappa shape index (κ1) is 9.73. The normalized spacial score (nSPS) is 15.3. The average molecular weight is 234 g/mol. The van der Waals surface area contributed by atoms with Crippen LogP contribution in [0.3, 0.4) is 0 Å². The van der Waals surface area contributed by atoms with Crippen molar-refractivity contribution in [1.82, 2.24) is 9.78 Å². The molecule has 1 aliphatic rings. The minimum Gasteiger partial charge on any atom is -0.396 e. The van der Waals surface area contributed by atoms with Crippen molar-refractivity contribution in [2.45, 2.75) is 18.8 Å². The second-order valence-electron chi connectivity index (χ2n) is 4.15. The molecule has 0 bridgehead atoms. The Hall–Kier alpha value is -1.48. The van der Waals surface area contributed by atoms with Crippen LogP contribution < -0.4 is 5.73 Å². The maximum Gasteiger partial charge on any atom is 0.0740 e. The Balaban J connectivity index is 2.12. The Labute approximate surface area is 98.8 Å². The van der Waals surface area contributed by atoms with Crippen molar-refractivity contribution in [3.8, 4) is 5.69 Å². The number of hydrogen-bond donors (Lipinski definition) is 1. The maximum atomic E-state index is 5.98. The molecule has 0 radical (unpaired) electrons. The first-order valence-electron chi connectivity index (χ1n) is 5.35. The number of nitrogens with two attached hydrogens (primary N) is 1. The molecule has 3 rings (SSSR count). The van der Waals surface area contributed by atoms with E-state index in [1.165, 1.54) is 12.8 Å². The first-order valence-corrected chi connectivity index (χ1v) is 5.73. The van der Waals surface area contributed by atoms with Gasteiger partial charge in [0.1, 0.15) is 0 Å². The Morgan fingerprint density at radius 1 is 1.38 bits per heavy atom. The van der Waals surface area contributed by atoms with E-state index in [2.05, 4.69) is 5.10 Å². The van der Waals surface area contributed by atoms with Gasteiger partial charge in [-0.15, -0.1) is 0 Å². The summed E-state index contributed by atoms with van der Waals surface area (Å²) in [7, 11) is 0. The molecule has 0 unspecified atom stereocenters. The smallest absolute Gasteiger partial charge is 0.0740 e. The molecule has 2 aromatic rings. The fraction of sp³-hybridized carbons (Fsp3) is 0.250. The monoisotopic (exact) mass is 233 g/mol. The minimum absolute atomic E-state index is 0.571. The van der Waals surface area contributed by atoms with Gasteiger partial charge in [0, 0.05) is 10.9 Å². The molecule has 0 atom stereocenters. The fourth-order valence-electron chi connectivity index (χ4n) is 1.95. The van der Waals surface area contributed by atoms with E-state index in [1.54, 1.807) is 6.20 Å². The summed E-state index contributed by atoms with van der Waals surface area (Å²) in [6.45, 7) is 0. The van der Waals surface area contributed by atoms with Crippen molar-refractivity contribution in [3.63, 3.8) is 0 Å². The van der Waals surface area contributed by atoms with Crippen LogP contribution in [0.25, 0.3) is 5.69 Å². The van der Waals surface area contributed by atoms with Gasteiger partial charge in [-0.05, 0) is 31.0 Å². The van der Waals surface area contributed by atoms with Gasteiger partial charge in [-0.1, -0.05) is 17.7 Å². The van der Waals surface area contributed by atoms with E-state index in [1.807, 2.05) is 28.9 Å². The molecule has 3 nitrogen and oxygen atoms in total. The molecule has 0 aliphatic heterocycles. The standard InChI is InChI=1S/C12H12ClN3/c13-9-2-1-3-10(6-9)16-12(8-4-5-8)11(14)7-15-16/h1-3,6-8H,4-5,14H2. The number of nitrogen functional groups attached to an aromatic ring is 1. The van der Waals surface area contributed by atoms with E-state index < -0.39 is 0 Å². The lowest BCUT2D eigenvalue weighted by Crippen LogP contribution is -2.02. The van der Waals surface area contributed by atoms with Gasteiger partial charge < -0.3 is 5.73 Å². The molecule has 1 heterocycles. The molecule has 0 saturated heterocycles. The number of rotatable bonds is 2. The zero-order valence-electron chi connectivity index (χ0n) is 8.73. The average Bonchev–Trinajstić information content (AvgIpc) is 3.02. The zero-order valence-corrected chi connectivity index (χ0v) is 9.48. The largest absolute Gasteiger partial charge is 0.396 e. The molecule has 0 amide bonds. The fourth-order valence-corrected chi connectivity index (χ4v) is 2.13. The van der Waals surface area contributed by atoms with Gasteiger partial charge in [-0.2, -0.15) is 5.10 Å². The van der Waals surface area contributed by atoms with Gasteiger partial charge in [0.15, 0.2) is 0 Å². The summed E-state index contributed by atoms with van der Waals surface area (Å²) in [5, 5.41) is 5.04. The van der Waals surface area contributed by atoms with E-state index in [0.717, 1.165) is 17.1 Å². The molecular weight excluding hydrogens is 222 g/mol. The van der Waals surface area contributed by atoms with Crippen LogP contribution in [0.5, 0.6) is 0 Å². The maximum absolute atomic E-state index is 5.98. The third-order valence-corrected chi connectivity index (χ3v) is 3.09. The van der Waals surface area contributed by atoms with Crippen LogP contribution in [0.15, 0.2) is 30.5 Å². The van der Waals surface area contributed by atoms with E-state index in [4.69, 9.17) is 17.3 Å². The van der Waals surface area contributed by atoms with Gasteiger partial charge >= 0.3 is 0 Å². The van der Waals surface area contributed by atoms with Crippen LogP contribution in [0.4, 0.5) is 5.69 Å². The Morgan fingerprint density at radius 3 is 2.88 bits per heavy atom. The molecule has 1 aromatic carbocycles. The van der Waals surface area contributed by atoms with Crippen LogP contribution in [-0.2, 0) is 0 Å². The van der Waals surface area contributed by atoms with Crippen LogP contribution in [-0.4, -0.2) is 9.78 Å². The van der Waals surface area contributed by atoms with Gasteiger partial charge in [0.25, 0.3) is 0 Å². The third kappa shape index (κ3) is 1.57. The number of nitrogens with zero attached hydrogens (tertiary/aromatic N) is 2. The van der Waals surface area contributed by atoms with E-state index in [-0.39, 0.29) is 0 Å². The van der Waals surface area contributed by atoms with Crippen molar-refractivity contribution in [2.24, 2.45) is 0 Å². The quantitative estimate of drug-likeness (QED) is 0.867. The molecule has 2 N–H and O–H groups in total. The predicted molar refractivity (Wildman–Crippen MR) is 65.0 cm³/mol. The van der Waals surface area contributed by atoms with E-state index in [9.17, 15) is 0 Å². The molecule has 1 saturated carbocycles. The van der Waals surface area contributed by atoms with Crippen molar-refractivity contribution >= 4 is 17.3 Å². The van der Waals surface area contributed by atoms with Crippen LogP contribution >= 0.6 is 11.6 Å². The summed E-state index contributed by atoms with van der Waals surface area (Å²) in [6, 6.07) is 7.67. The number of anilines is 1. The highest BCUT2D eigenvalue weighted by Crippen LogP contribution is 2.43. The van der Waals surface area contributed by atoms with Crippen LogP contribution in [0, 0.1) is 0 Å². The van der Waals surface area contributed by atoms with Crippen LogP contribution in [0.1, 0.15) is 24.5 Å². The van der Waals surface area contributed by atoms with E-state index in [0.29, 0.717) is 10.9 Å². The molecule has 0 spiro atoms. The highest BCUT2D eigenvalue weighted by Gasteiger charge is 2.29. The molecule has 82 valence electrons. The first-order chi connectivity index (χ1) is 7.75. The number of halogens is 1. The second-order valence-corrected chi connectivity index (χ2v) is 4.59. The van der Waals surface area contributed by atoms with Crippen molar-refractivity contribution in [1.29, 1.82) is 0 Å². The van der Waals surface area contributed by atoms with Crippen LogP contribution in [0.2, 0.25) is 5.02 Å². The summed E-state index contributed by atoms with van der Waals surface area (Å²) in [4.78, 5) is 0. The van der Waals surface area contributed by atoms with Crippen molar-refractivity contribution < 1.29 is 0 Å². The third-order valence-electron chi connectivity index (χ3n) is 2.85. The number of aromatic nitrogens is 2. The van der Waals surface area contributed by atoms with Gasteiger partial charge in [0.05, 0.1) is 23.3 Å². The minimum atomic E-state index is 0.571. The summed E-state index contributed by atoms with van der Waals surface area (Å²) < 4.78 is 1.90. The van der Waals surface area contributed by atoms with E-state index >= 15 is 0 Å². The molecule has 4 heteroatoms. The second kappa shape index (κ2) is 3.52. The predicted octanol–water partition coefficient (Wildman–Crippen LogP) is 2.99. The van der Waals surface area contributed by atoms with Gasteiger partial charge in [0.2, 0.25) is 0 Å². The summed E-state index contributed by atoms with van der Waals surface area (Å²) in [5.74, 6) is 0.571. The Kier molecular flexibility index (Phi) is 2.14. The summed E-state index contributed by atoms with van der Waals surface area (Å²) in [5.41, 5.74) is 8.83. The molecule has 1 fully saturated rings. The van der Waals surface area contributed by atoms with Gasteiger partial charge in [-0.3, -0.25) is 0 Å². The lowest BCUT2D eigenvalue weighted by molar-refractivity contribution is 0.809. The highest BCUT2D eigenvalue weighted by molar-refractivity contribution is 6.30. The lowest BCUT2D eigenvalue weighted by atomic mass is 10.2. The van der Waals surface area contributed by atoms with Crippen molar-refractivity contribution in [2.75, 3.05) is 5.73 Å². The van der Waals surface area contributed by atoms with Gasteiger partial charge in [-0.25, -0.2) is 4.68 Å². The summed E-state index contributed by atoms with van der Waals surface area (Å²) in [6.07, 6.45) is 4.13. The lowest BCUT2D eigenvalue weighted by Gasteiger charge is -2.07. The van der Waals surface area contributed by atoms with Crippen molar-refractivity contribution in [3.05, 3.63) is 41.2 Å². The zero-order chi connectivity index (χ0) is 11.1.